The van der Waals surface area contributed by atoms with Crippen molar-refractivity contribution in [2.24, 2.45) is 0 Å². The molecule has 0 spiro atoms. The molecule has 1 aliphatic rings. The molecule has 0 heterocycles. The van der Waals surface area contributed by atoms with Gasteiger partial charge in [-0.1, -0.05) is 19.9 Å². The van der Waals surface area contributed by atoms with Gasteiger partial charge >= 0.3 is 13.8 Å². The molecule has 0 aliphatic heterocycles. The summed E-state index contributed by atoms with van der Waals surface area (Å²) in [5.41, 5.74) is 0.573. The lowest BCUT2D eigenvalue weighted by atomic mass is 10.0. The SMILES string of the molecule is CCOP(=O)(OC(=O)C1=CCCCC1)OC(CC)CC. The molecule has 1 unspecified atom stereocenters. The molecule has 0 aromatic carbocycles. The predicted octanol–water partition coefficient (Wildman–Crippen LogP) is 4.38. The van der Waals surface area contributed by atoms with Crippen molar-refractivity contribution in [3.8, 4) is 0 Å². The van der Waals surface area contributed by atoms with Crippen LogP contribution in [0.5, 0.6) is 0 Å². The first-order valence-corrected chi connectivity index (χ1v) is 8.86. The molecule has 20 heavy (non-hydrogen) atoms. The minimum atomic E-state index is -3.82. The molecule has 0 N–H and O–H groups in total. The van der Waals surface area contributed by atoms with Gasteiger partial charge in [-0.25, -0.2) is 9.36 Å². The van der Waals surface area contributed by atoms with Gasteiger partial charge < -0.3 is 4.52 Å². The van der Waals surface area contributed by atoms with Crippen LogP contribution >= 0.6 is 7.82 Å². The van der Waals surface area contributed by atoms with E-state index in [0.717, 1.165) is 19.3 Å². The summed E-state index contributed by atoms with van der Waals surface area (Å²) < 4.78 is 28.0. The van der Waals surface area contributed by atoms with Gasteiger partial charge in [0.2, 0.25) is 0 Å². The van der Waals surface area contributed by atoms with E-state index in [9.17, 15) is 9.36 Å². The molecule has 0 amide bonds. The minimum absolute atomic E-state index is 0.170. The third-order valence-electron chi connectivity index (χ3n) is 3.22. The molecule has 0 aromatic rings. The van der Waals surface area contributed by atoms with Crippen LogP contribution in [0.25, 0.3) is 0 Å². The average Bonchev–Trinajstić information content (AvgIpc) is 2.46. The Morgan fingerprint density at radius 3 is 2.50 bits per heavy atom. The summed E-state index contributed by atoms with van der Waals surface area (Å²) in [4.78, 5) is 12.0. The zero-order valence-electron chi connectivity index (χ0n) is 12.6. The number of hydrogen-bond acceptors (Lipinski definition) is 5. The Kier molecular flexibility index (Phi) is 7.49. The van der Waals surface area contributed by atoms with Gasteiger partial charge in [-0.3, -0.25) is 9.05 Å². The maximum atomic E-state index is 12.5. The number of phosphoric ester groups is 1. The number of carbonyl (C=O) groups excluding carboxylic acids is 1. The first-order valence-electron chi connectivity index (χ1n) is 7.40. The topological polar surface area (TPSA) is 61.8 Å². The first-order chi connectivity index (χ1) is 9.54. The molecule has 1 rings (SSSR count). The highest BCUT2D eigenvalue weighted by Gasteiger charge is 2.34. The third kappa shape index (κ3) is 5.39. The van der Waals surface area contributed by atoms with E-state index in [-0.39, 0.29) is 12.7 Å². The van der Waals surface area contributed by atoms with Crippen molar-refractivity contribution in [2.45, 2.75) is 65.4 Å². The van der Waals surface area contributed by atoms with E-state index in [1.807, 2.05) is 19.9 Å². The third-order valence-corrected chi connectivity index (χ3v) is 4.74. The molecule has 0 fully saturated rings. The molecular formula is C14H25O5P. The Hall–Kier alpha value is -0.640. The van der Waals surface area contributed by atoms with Gasteiger partial charge in [0.15, 0.2) is 0 Å². The minimum Gasteiger partial charge on any atom is -0.367 e. The predicted molar refractivity (Wildman–Crippen MR) is 77.3 cm³/mol. The summed E-state index contributed by atoms with van der Waals surface area (Å²) in [6, 6.07) is 0. The maximum absolute atomic E-state index is 12.5. The summed E-state index contributed by atoms with van der Waals surface area (Å²) in [6.07, 6.45) is 6.53. The summed E-state index contributed by atoms with van der Waals surface area (Å²) in [7, 11) is -3.82. The Morgan fingerprint density at radius 1 is 1.30 bits per heavy atom. The first kappa shape index (κ1) is 17.4. The standard InChI is InChI=1S/C14H25O5P/c1-4-13(5-2)18-20(16,17-6-3)19-14(15)12-10-8-7-9-11-12/h10,13H,4-9,11H2,1-3H3. The Labute approximate surface area is 121 Å². The molecule has 0 radical (unpaired) electrons. The fraction of sp³-hybridized carbons (Fsp3) is 0.786. The van der Waals surface area contributed by atoms with Crippen molar-refractivity contribution < 1.29 is 22.9 Å². The molecule has 1 aliphatic carbocycles. The molecule has 1 atom stereocenters. The van der Waals surface area contributed by atoms with E-state index in [2.05, 4.69) is 0 Å². The summed E-state index contributed by atoms with van der Waals surface area (Å²) in [5.74, 6) is -0.576. The van der Waals surface area contributed by atoms with Crippen molar-refractivity contribution in [2.75, 3.05) is 6.61 Å². The number of phosphoric acid groups is 1. The van der Waals surface area contributed by atoms with E-state index in [1.165, 1.54) is 0 Å². The fourth-order valence-electron chi connectivity index (χ4n) is 2.04. The molecular weight excluding hydrogens is 279 g/mol. The van der Waals surface area contributed by atoms with Crippen LogP contribution in [0.1, 0.15) is 59.3 Å². The normalized spacial score (nSPS) is 18.5. The van der Waals surface area contributed by atoms with E-state index in [4.69, 9.17) is 13.6 Å². The monoisotopic (exact) mass is 304 g/mol. The molecule has 0 bridgehead atoms. The summed E-state index contributed by atoms with van der Waals surface area (Å²) >= 11 is 0. The zero-order chi connectivity index (χ0) is 15.0. The molecule has 6 heteroatoms. The quantitative estimate of drug-likeness (QED) is 0.623. The van der Waals surface area contributed by atoms with Crippen molar-refractivity contribution in [1.29, 1.82) is 0 Å². The van der Waals surface area contributed by atoms with Gasteiger partial charge in [-0.15, -0.1) is 0 Å². The second-order valence-corrected chi connectivity index (χ2v) is 6.31. The maximum Gasteiger partial charge on any atom is 0.532 e. The Balaban J connectivity index is 2.72. The molecule has 5 nitrogen and oxygen atoms in total. The number of rotatable bonds is 8. The lowest BCUT2D eigenvalue weighted by Gasteiger charge is -2.22. The van der Waals surface area contributed by atoms with Gasteiger partial charge in [0.05, 0.1) is 12.7 Å². The summed E-state index contributed by atoms with van der Waals surface area (Å²) in [6.45, 7) is 5.71. The van der Waals surface area contributed by atoms with Gasteiger partial charge in [0, 0.05) is 5.57 Å². The number of carbonyl (C=O) groups is 1. The fourth-order valence-corrected chi connectivity index (χ4v) is 3.50. The highest BCUT2D eigenvalue weighted by atomic mass is 31.2. The van der Waals surface area contributed by atoms with Crippen LogP contribution in [-0.4, -0.2) is 18.7 Å². The van der Waals surface area contributed by atoms with E-state index >= 15 is 0 Å². The lowest BCUT2D eigenvalue weighted by Crippen LogP contribution is -2.15. The molecule has 0 aromatic heterocycles. The Bertz CT molecular complexity index is 387. The molecule has 116 valence electrons. The van der Waals surface area contributed by atoms with Crippen molar-refractivity contribution in [3.05, 3.63) is 11.6 Å². The van der Waals surface area contributed by atoms with Crippen LogP contribution in [-0.2, 0) is 22.9 Å². The molecule has 0 saturated heterocycles. The van der Waals surface area contributed by atoms with Gasteiger partial charge in [0.25, 0.3) is 0 Å². The van der Waals surface area contributed by atoms with E-state index in [1.54, 1.807) is 6.92 Å². The van der Waals surface area contributed by atoms with E-state index < -0.39 is 13.8 Å². The van der Waals surface area contributed by atoms with Crippen molar-refractivity contribution in [3.63, 3.8) is 0 Å². The highest BCUT2D eigenvalue weighted by molar-refractivity contribution is 7.49. The van der Waals surface area contributed by atoms with E-state index in [0.29, 0.717) is 24.8 Å². The number of allylic oxidation sites excluding steroid dienone is 1. The molecule has 0 saturated carbocycles. The lowest BCUT2D eigenvalue weighted by molar-refractivity contribution is -0.132. The second kappa shape index (κ2) is 8.60. The smallest absolute Gasteiger partial charge is 0.367 e. The van der Waals surface area contributed by atoms with Crippen molar-refractivity contribution >= 4 is 13.8 Å². The second-order valence-electron chi connectivity index (χ2n) is 4.76. The van der Waals surface area contributed by atoms with Crippen LogP contribution in [0.2, 0.25) is 0 Å². The van der Waals surface area contributed by atoms with Gasteiger partial charge in [-0.2, -0.15) is 0 Å². The van der Waals surface area contributed by atoms with Gasteiger partial charge in [0.1, 0.15) is 0 Å². The summed E-state index contributed by atoms with van der Waals surface area (Å²) in [5, 5.41) is 0. The van der Waals surface area contributed by atoms with Gasteiger partial charge in [-0.05, 0) is 45.4 Å². The van der Waals surface area contributed by atoms with Crippen LogP contribution < -0.4 is 0 Å². The highest BCUT2D eigenvalue weighted by Crippen LogP contribution is 2.52. The largest absolute Gasteiger partial charge is 0.532 e. The Morgan fingerprint density at radius 2 is 2.00 bits per heavy atom. The van der Waals surface area contributed by atoms with Crippen LogP contribution in [0.4, 0.5) is 0 Å². The van der Waals surface area contributed by atoms with Crippen molar-refractivity contribution in [1.82, 2.24) is 0 Å². The van der Waals surface area contributed by atoms with Crippen LogP contribution in [0.15, 0.2) is 11.6 Å². The zero-order valence-corrected chi connectivity index (χ0v) is 13.5. The average molecular weight is 304 g/mol. The number of hydrogen-bond donors (Lipinski definition) is 0. The van der Waals surface area contributed by atoms with Crippen LogP contribution in [0.3, 0.4) is 0 Å². The van der Waals surface area contributed by atoms with Crippen LogP contribution in [0, 0.1) is 0 Å².